The monoisotopic (exact) mass is 255 g/mol. The van der Waals surface area contributed by atoms with Crippen molar-refractivity contribution in [1.82, 2.24) is 4.90 Å². The molecule has 2 heterocycles. The van der Waals surface area contributed by atoms with Crippen LogP contribution in [0.1, 0.15) is 46.0 Å². The van der Waals surface area contributed by atoms with E-state index in [1.807, 2.05) is 13.8 Å². The van der Waals surface area contributed by atoms with Gasteiger partial charge in [-0.3, -0.25) is 9.69 Å². The van der Waals surface area contributed by atoms with Crippen LogP contribution in [0.4, 0.5) is 0 Å². The molecule has 4 heteroatoms. The van der Waals surface area contributed by atoms with E-state index >= 15 is 0 Å². The Kier molecular flexibility index (Phi) is 4.28. The minimum absolute atomic E-state index is 0.260. The van der Waals surface area contributed by atoms with Crippen molar-refractivity contribution in [2.75, 3.05) is 6.54 Å². The van der Waals surface area contributed by atoms with Gasteiger partial charge >= 0.3 is 5.97 Å². The Morgan fingerprint density at radius 1 is 1.28 bits per heavy atom. The lowest BCUT2D eigenvalue weighted by Crippen LogP contribution is -2.47. The van der Waals surface area contributed by atoms with Crippen LogP contribution in [0.5, 0.6) is 0 Å². The van der Waals surface area contributed by atoms with E-state index in [1.54, 1.807) is 0 Å². The predicted molar refractivity (Wildman–Crippen MR) is 69.3 cm³/mol. The topological polar surface area (TPSA) is 60.8 Å². The van der Waals surface area contributed by atoms with Gasteiger partial charge in [0.1, 0.15) is 0 Å². The number of fused-ring (bicyclic) bond motifs is 2. The van der Waals surface area contributed by atoms with Crippen molar-refractivity contribution < 1.29 is 15.0 Å². The highest BCUT2D eigenvalue weighted by Gasteiger charge is 2.41. The molecule has 2 aliphatic heterocycles. The van der Waals surface area contributed by atoms with E-state index in [4.69, 9.17) is 5.11 Å². The van der Waals surface area contributed by atoms with Crippen molar-refractivity contribution in [1.29, 1.82) is 0 Å². The second kappa shape index (κ2) is 5.57. The van der Waals surface area contributed by atoms with Gasteiger partial charge in [0.15, 0.2) is 0 Å². The maximum Gasteiger partial charge on any atom is 0.303 e. The third-order valence-electron chi connectivity index (χ3n) is 4.61. The zero-order chi connectivity index (χ0) is 13.3. The van der Waals surface area contributed by atoms with Crippen LogP contribution in [0.15, 0.2) is 0 Å². The van der Waals surface area contributed by atoms with Gasteiger partial charge in [0.05, 0.1) is 6.10 Å². The summed E-state index contributed by atoms with van der Waals surface area (Å²) in [4.78, 5) is 13.2. The molecule has 0 aromatic heterocycles. The Hall–Kier alpha value is -0.610. The summed E-state index contributed by atoms with van der Waals surface area (Å²) in [6.07, 6.45) is 4.38. The average Bonchev–Trinajstić information content (AvgIpc) is 2.51. The second-order valence-electron chi connectivity index (χ2n) is 6.33. The number of carboxylic acids is 1. The van der Waals surface area contributed by atoms with Gasteiger partial charge in [-0.1, -0.05) is 13.8 Å². The van der Waals surface area contributed by atoms with Crippen LogP contribution in [0.25, 0.3) is 0 Å². The van der Waals surface area contributed by atoms with Crippen LogP contribution in [0.3, 0.4) is 0 Å². The van der Waals surface area contributed by atoms with Crippen LogP contribution in [-0.4, -0.2) is 45.8 Å². The molecule has 0 aliphatic carbocycles. The van der Waals surface area contributed by atoms with E-state index in [0.717, 1.165) is 19.4 Å². The molecule has 2 rings (SSSR count). The molecule has 2 bridgehead atoms. The molecule has 0 saturated carbocycles. The third kappa shape index (κ3) is 3.04. The number of rotatable bonds is 5. The molecule has 2 fully saturated rings. The van der Waals surface area contributed by atoms with Gasteiger partial charge in [-0.05, 0) is 37.5 Å². The SMILES string of the molecule is CC(C)C(O)CN1C2CCC1CC(CC(=O)O)C2. The summed E-state index contributed by atoms with van der Waals surface area (Å²) in [6, 6.07) is 1.00. The Morgan fingerprint density at radius 2 is 1.83 bits per heavy atom. The quantitative estimate of drug-likeness (QED) is 0.785. The van der Waals surface area contributed by atoms with Crippen molar-refractivity contribution in [3.63, 3.8) is 0 Å². The summed E-state index contributed by atoms with van der Waals surface area (Å²) < 4.78 is 0. The molecule has 4 nitrogen and oxygen atoms in total. The summed E-state index contributed by atoms with van der Waals surface area (Å²) in [7, 11) is 0. The van der Waals surface area contributed by atoms with Gasteiger partial charge in [-0.2, -0.15) is 0 Å². The molecule has 2 saturated heterocycles. The van der Waals surface area contributed by atoms with Gasteiger partial charge in [0, 0.05) is 25.0 Å². The number of piperidine rings is 1. The fourth-order valence-electron chi connectivity index (χ4n) is 3.53. The van der Waals surface area contributed by atoms with Crippen LogP contribution < -0.4 is 0 Å². The fourth-order valence-corrected chi connectivity index (χ4v) is 3.53. The number of nitrogens with zero attached hydrogens (tertiary/aromatic N) is 1. The first-order chi connectivity index (χ1) is 8.47. The summed E-state index contributed by atoms with van der Waals surface area (Å²) in [5.41, 5.74) is 0. The number of aliphatic carboxylic acids is 1. The van der Waals surface area contributed by atoms with E-state index in [2.05, 4.69) is 4.90 Å². The van der Waals surface area contributed by atoms with Crippen molar-refractivity contribution in [3.05, 3.63) is 0 Å². The maximum atomic E-state index is 10.8. The summed E-state index contributed by atoms with van der Waals surface area (Å²) >= 11 is 0. The zero-order valence-corrected chi connectivity index (χ0v) is 11.4. The van der Waals surface area contributed by atoms with Crippen LogP contribution in [0, 0.1) is 11.8 Å². The normalized spacial score (nSPS) is 33.9. The number of hydrogen-bond donors (Lipinski definition) is 2. The van der Waals surface area contributed by atoms with E-state index in [9.17, 15) is 9.90 Å². The van der Waals surface area contributed by atoms with Crippen LogP contribution >= 0.6 is 0 Å². The van der Waals surface area contributed by atoms with Gasteiger partial charge in [0.25, 0.3) is 0 Å². The first kappa shape index (κ1) is 13.8. The van der Waals surface area contributed by atoms with Gasteiger partial charge < -0.3 is 10.2 Å². The van der Waals surface area contributed by atoms with E-state index in [1.165, 1.54) is 12.8 Å². The zero-order valence-electron chi connectivity index (χ0n) is 11.4. The van der Waals surface area contributed by atoms with Gasteiger partial charge in [0.2, 0.25) is 0 Å². The van der Waals surface area contributed by atoms with E-state index in [0.29, 0.717) is 30.3 Å². The minimum Gasteiger partial charge on any atom is -0.481 e. The molecule has 0 spiro atoms. The number of aliphatic hydroxyl groups excluding tert-OH is 1. The van der Waals surface area contributed by atoms with Crippen molar-refractivity contribution >= 4 is 5.97 Å². The maximum absolute atomic E-state index is 10.8. The molecule has 0 aromatic rings. The van der Waals surface area contributed by atoms with E-state index < -0.39 is 5.97 Å². The molecule has 2 N–H and O–H groups in total. The Bertz CT molecular complexity index is 291. The molecule has 3 unspecified atom stereocenters. The fraction of sp³-hybridized carbons (Fsp3) is 0.929. The number of aliphatic hydroxyl groups is 1. The molecule has 104 valence electrons. The van der Waals surface area contributed by atoms with Crippen LogP contribution in [0.2, 0.25) is 0 Å². The Morgan fingerprint density at radius 3 is 2.28 bits per heavy atom. The van der Waals surface area contributed by atoms with Gasteiger partial charge in [-0.25, -0.2) is 0 Å². The van der Waals surface area contributed by atoms with Crippen molar-refractivity contribution in [2.45, 2.75) is 64.1 Å². The smallest absolute Gasteiger partial charge is 0.303 e. The van der Waals surface area contributed by atoms with E-state index in [-0.39, 0.29) is 6.10 Å². The number of carboxylic acid groups (broad SMARTS) is 1. The molecule has 0 radical (unpaired) electrons. The van der Waals surface area contributed by atoms with Crippen LogP contribution in [-0.2, 0) is 4.79 Å². The highest BCUT2D eigenvalue weighted by molar-refractivity contribution is 5.67. The molecule has 3 atom stereocenters. The minimum atomic E-state index is -0.671. The molecule has 0 amide bonds. The van der Waals surface area contributed by atoms with Crippen molar-refractivity contribution in [3.8, 4) is 0 Å². The number of carbonyl (C=O) groups is 1. The highest BCUT2D eigenvalue weighted by atomic mass is 16.4. The lowest BCUT2D eigenvalue weighted by atomic mass is 9.87. The molecular weight excluding hydrogens is 230 g/mol. The molecule has 2 aliphatic rings. The summed E-state index contributed by atoms with van der Waals surface area (Å²) in [6.45, 7) is 4.85. The molecular formula is C14H25NO3. The largest absolute Gasteiger partial charge is 0.481 e. The molecule has 0 aromatic carbocycles. The number of hydrogen-bond acceptors (Lipinski definition) is 3. The highest BCUT2D eigenvalue weighted by Crippen LogP contribution is 2.40. The first-order valence-corrected chi connectivity index (χ1v) is 7.13. The average molecular weight is 255 g/mol. The summed E-state index contributed by atoms with van der Waals surface area (Å²) in [5, 5.41) is 18.9. The first-order valence-electron chi connectivity index (χ1n) is 7.13. The standard InChI is InChI=1S/C14H25NO3/c1-9(2)13(16)8-15-11-3-4-12(15)6-10(5-11)7-14(17)18/h9-13,16H,3-8H2,1-2H3,(H,17,18). The Labute approximate surface area is 109 Å². The molecule has 18 heavy (non-hydrogen) atoms. The third-order valence-corrected chi connectivity index (χ3v) is 4.61. The lowest BCUT2D eigenvalue weighted by molar-refractivity contribution is -0.138. The van der Waals surface area contributed by atoms with Crippen molar-refractivity contribution in [2.24, 2.45) is 11.8 Å². The van der Waals surface area contributed by atoms with Gasteiger partial charge in [-0.15, -0.1) is 0 Å². The summed E-state index contributed by atoms with van der Waals surface area (Å²) in [5.74, 6) is -0.0383. The predicted octanol–water partition coefficient (Wildman–Crippen LogP) is 1.72. The Balaban J connectivity index is 1.91. The lowest BCUT2D eigenvalue weighted by Gasteiger charge is -2.40. The second-order valence-corrected chi connectivity index (χ2v) is 6.33.